The monoisotopic (exact) mass is 469 g/mol. The summed E-state index contributed by atoms with van der Waals surface area (Å²) < 4.78 is 8.05. The Morgan fingerprint density at radius 2 is 1.80 bits per heavy atom. The predicted octanol–water partition coefficient (Wildman–Crippen LogP) is 3.47. The lowest BCUT2D eigenvalue weighted by atomic mass is 10.1. The molecule has 0 saturated carbocycles. The second-order valence-electron chi connectivity index (χ2n) is 9.52. The Labute approximate surface area is 201 Å². The van der Waals surface area contributed by atoms with E-state index in [9.17, 15) is 4.79 Å². The fourth-order valence-corrected chi connectivity index (χ4v) is 4.79. The van der Waals surface area contributed by atoms with Crippen LogP contribution in [-0.2, 0) is 0 Å². The number of H-pyrrole nitrogens is 1. The number of fused-ring (bicyclic) bond motifs is 2. The van der Waals surface area contributed by atoms with E-state index >= 15 is 0 Å². The minimum Gasteiger partial charge on any atom is -0.454 e. The number of nitrogen functional groups attached to an aromatic ring is 1. The summed E-state index contributed by atoms with van der Waals surface area (Å²) in [5.41, 5.74) is 11.5. The molecule has 1 saturated heterocycles. The van der Waals surface area contributed by atoms with Crippen LogP contribution in [0.15, 0.2) is 51.7 Å². The number of anilines is 2. The Bertz CT molecular complexity index is 1640. The van der Waals surface area contributed by atoms with Crippen molar-refractivity contribution in [1.82, 2.24) is 24.9 Å². The second kappa shape index (κ2) is 7.71. The maximum Gasteiger partial charge on any atom is 0.292 e. The van der Waals surface area contributed by atoms with Crippen LogP contribution in [0.2, 0.25) is 0 Å². The molecular weight excluding hydrogens is 442 g/mol. The molecule has 1 fully saturated rings. The van der Waals surface area contributed by atoms with Gasteiger partial charge >= 0.3 is 0 Å². The van der Waals surface area contributed by atoms with Gasteiger partial charge in [-0.3, -0.25) is 4.79 Å². The minimum atomic E-state index is -0.397. The molecule has 0 amide bonds. The Morgan fingerprint density at radius 1 is 1.09 bits per heavy atom. The number of nitrogens with one attached hydrogen (secondary N) is 1. The number of likely N-dealkylation sites (N-methyl/N-ethyl adjacent to an activating group) is 1. The number of aromatic nitrogens is 4. The quantitative estimate of drug-likeness (QED) is 0.415. The summed E-state index contributed by atoms with van der Waals surface area (Å²) in [7, 11) is 4.22. The zero-order valence-electron chi connectivity index (χ0n) is 20.2. The third-order valence-electron chi connectivity index (χ3n) is 6.99. The summed E-state index contributed by atoms with van der Waals surface area (Å²) in [5.74, 6) is 0.816. The molecule has 0 bridgehead atoms. The number of hydrogen-bond donors (Lipinski definition) is 2. The molecule has 9 nitrogen and oxygen atoms in total. The van der Waals surface area contributed by atoms with Crippen LogP contribution in [0.4, 0.5) is 11.5 Å². The van der Waals surface area contributed by atoms with E-state index in [1.807, 2.05) is 38.1 Å². The lowest BCUT2D eigenvalue weighted by Gasteiger charge is -2.44. The molecule has 4 heterocycles. The van der Waals surface area contributed by atoms with Crippen molar-refractivity contribution in [2.75, 3.05) is 37.8 Å². The van der Waals surface area contributed by atoms with Gasteiger partial charge in [0, 0.05) is 35.8 Å². The smallest absolute Gasteiger partial charge is 0.292 e. The van der Waals surface area contributed by atoms with Crippen LogP contribution in [0.3, 0.4) is 0 Å². The molecule has 5 aromatic rings. The van der Waals surface area contributed by atoms with E-state index in [0.29, 0.717) is 22.9 Å². The van der Waals surface area contributed by atoms with Crippen LogP contribution in [-0.4, -0.2) is 58.1 Å². The highest BCUT2D eigenvalue weighted by Crippen LogP contribution is 2.39. The summed E-state index contributed by atoms with van der Waals surface area (Å²) in [6.45, 7) is 6.05. The zero-order chi connectivity index (χ0) is 24.4. The lowest BCUT2D eigenvalue weighted by molar-refractivity contribution is 0.247. The van der Waals surface area contributed by atoms with Gasteiger partial charge < -0.3 is 20.0 Å². The highest BCUT2D eigenvalue weighted by molar-refractivity contribution is 6.02. The zero-order valence-corrected chi connectivity index (χ0v) is 20.2. The largest absolute Gasteiger partial charge is 0.454 e. The normalized spacial score (nSPS) is 14.4. The number of hydrogen-bond acceptors (Lipinski definition) is 7. The number of nitrogens with two attached hydrogens (primary N) is 1. The van der Waals surface area contributed by atoms with Gasteiger partial charge in [-0.15, -0.1) is 0 Å². The van der Waals surface area contributed by atoms with E-state index in [0.717, 1.165) is 46.6 Å². The summed E-state index contributed by atoms with van der Waals surface area (Å²) in [6.07, 6.45) is 0. The Morgan fingerprint density at radius 3 is 2.51 bits per heavy atom. The molecule has 178 valence electrons. The fourth-order valence-electron chi connectivity index (χ4n) is 4.79. The summed E-state index contributed by atoms with van der Waals surface area (Å²) >= 11 is 0. The first-order valence-electron chi connectivity index (χ1n) is 11.6. The van der Waals surface area contributed by atoms with E-state index in [4.69, 9.17) is 10.2 Å². The SMILES string of the molecule is Cc1ccc2oc(-c3c4c(N)n[nH]c(=O)c4nn3-c3ccc(N4CC(N(C)C)C4)cc3)c(C)c2c1. The summed E-state index contributed by atoms with van der Waals surface area (Å²) in [4.78, 5) is 17.2. The van der Waals surface area contributed by atoms with E-state index < -0.39 is 5.56 Å². The molecule has 0 radical (unpaired) electrons. The predicted molar refractivity (Wildman–Crippen MR) is 138 cm³/mol. The molecule has 0 spiro atoms. The molecule has 1 aliphatic rings. The minimum absolute atomic E-state index is 0.198. The number of benzene rings is 2. The van der Waals surface area contributed by atoms with Crippen LogP contribution in [0.25, 0.3) is 39.0 Å². The molecular formula is C26H27N7O2. The first-order chi connectivity index (χ1) is 16.8. The van der Waals surface area contributed by atoms with Gasteiger partial charge in [-0.25, -0.2) is 9.78 Å². The molecule has 1 aliphatic heterocycles. The molecule has 0 aliphatic carbocycles. The molecule has 0 unspecified atom stereocenters. The maximum atomic E-state index is 12.6. The number of aromatic amines is 1. The van der Waals surface area contributed by atoms with E-state index in [2.05, 4.69) is 57.4 Å². The van der Waals surface area contributed by atoms with Crippen LogP contribution >= 0.6 is 0 Å². The van der Waals surface area contributed by atoms with Gasteiger partial charge in [0.25, 0.3) is 5.56 Å². The first kappa shape index (κ1) is 21.4. The van der Waals surface area contributed by atoms with Crippen LogP contribution < -0.4 is 16.2 Å². The van der Waals surface area contributed by atoms with Gasteiger partial charge in [0.15, 0.2) is 17.1 Å². The molecule has 6 rings (SSSR count). The third kappa shape index (κ3) is 3.30. The van der Waals surface area contributed by atoms with Crippen molar-refractivity contribution < 1.29 is 4.42 Å². The van der Waals surface area contributed by atoms with Crippen molar-refractivity contribution in [1.29, 1.82) is 0 Å². The fraction of sp³-hybridized carbons (Fsp3) is 0.269. The van der Waals surface area contributed by atoms with Gasteiger partial charge in [0.05, 0.1) is 11.1 Å². The van der Waals surface area contributed by atoms with E-state index in [-0.39, 0.29) is 11.3 Å². The van der Waals surface area contributed by atoms with Gasteiger partial charge in [-0.2, -0.15) is 10.2 Å². The van der Waals surface area contributed by atoms with E-state index in [1.54, 1.807) is 4.68 Å². The Hall–Kier alpha value is -4.11. The first-order valence-corrected chi connectivity index (χ1v) is 11.6. The number of nitrogens with zero attached hydrogens (tertiary/aromatic N) is 5. The molecule has 3 N–H and O–H groups in total. The Balaban J connectivity index is 1.52. The lowest BCUT2D eigenvalue weighted by Crippen LogP contribution is -2.57. The van der Waals surface area contributed by atoms with Crippen molar-refractivity contribution in [3.05, 3.63) is 63.9 Å². The average molecular weight is 470 g/mol. The van der Waals surface area contributed by atoms with Gasteiger partial charge in [-0.05, 0) is 64.3 Å². The molecule has 9 heteroatoms. The topological polar surface area (TPSA) is 109 Å². The highest BCUT2D eigenvalue weighted by atomic mass is 16.3. The Kier molecular flexibility index (Phi) is 4.72. The van der Waals surface area contributed by atoms with Crippen molar-refractivity contribution >= 4 is 33.4 Å². The van der Waals surface area contributed by atoms with Crippen molar-refractivity contribution in [3.8, 4) is 17.1 Å². The average Bonchev–Trinajstić information content (AvgIpc) is 3.35. The summed E-state index contributed by atoms with van der Waals surface area (Å²) in [5, 5.41) is 12.6. The number of rotatable bonds is 4. The third-order valence-corrected chi connectivity index (χ3v) is 6.99. The van der Waals surface area contributed by atoms with E-state index in [1.165, 1.54) is 0 Å². The standard InChI is InChI=1S/C26H27N7O2/c1-14-5-10-20-19(11-14)15(2)24(35-20)23-21-22(26(34)29-28-25(21)27)30-33(23)17-8-6-16(7-9-17)32-12-18(13-32)31(3)4/h5-11,18H,12-13H2,1-4H3,(H2,27,28)(H,29,34). The van der Waals surface area contributed by atoms with Gasteiger partial charge in [0.2, 0.25) is 0 Å². The van der Waals surface area contributed by atoms with Gasteiger partial charge in [-0.1, -0.05) is 11.6 Å². The maximum absolute atomic E-state index is 12.6. The van der Waals surface area contributed by atoms with Crippen molar-refractivity contribution in [2.45, 2.75) is 19.9 Å². The summed E-state index contributed by atoms with van der Waals surface area (Å²) in [6, 6.07) is 14.8. The van der Waals surface area contributed by atoms with Crippen molar-refractivity contribution in [2.24, 2.45) is 0 Å². The van der Waals surface area contributed by atoms with Crippen molar-refractivity contribution in [3.63, 3.8) is 0 Å². The molecule has 0 atom stereocenters. The molecule has 35 heavy (non-hydrogen) atoms. The van der Waals surface area contributed by atoms with Crippen LogP contribution in [0.1, 0.15) is 11.1 Å². The second-order valence-corrected chi connectivity index (χ2v) is 9.52. The molecule has 3 aromatic heterocycles. The van der Waals surface area contributed by atoms with Crippen LogP contribution in [0.5, 0.6) is 0 Å². The van der Waals surface area contributed by atoms with Crippen LogP contribution in [0, 0.1) is 13.8 Å². The highest BCUT2D eigenvalue weighted by Gasteiger charge is 2.29. The number of furan rings is 1. The van der Waals surface area contributed by atoms with Gasteiger partial charge in [0.1, 0.15) is 11.3 Å². The number of aryl methyl sites for hydroxylation is 2. The molecule has 2 aromatic carbocycles.